The van der Waals surface area contributed by atoms with E-state index in [0.29, 0.717) is 19.0 Å². The Bertz CT molecular complexity index is 615. The van der Waals surface area contributed by atoms with Gasteiger partial charge in [-0.2, -0.15) is 5.10 Å². The van der Waals surface area contributed by atoms with Crippen LogP contribution in [-0.4, -0.2) is 32.3 Å². The zero-order valence-corrected chi connectivity index (χ0v) is 16.5. The number of halogens is 1. The lowest BCUT2D eigenvalue weighted by atomic mass is 10.2. The number of guanidine groups is 1. The Balaban J connectivity index is 0.00000264. The molecular weight excluding hydrogens is 405 g/mol. The second-order valence-electron chi connectivity index (χ2n) is 5.62. The van der Waals surface area contributed by atoms with Crippen LogP contribution in [0.2, 0.25) is 0 Å². The molecule has 0 saturated heterocycles. The lowest BCUT2D eigenvalue weighted by Crippen LogP contribution is -2.37. The van der Waals surface area contributed by atoms with Crippen molar-refractivity contribution in [1.29, 1.82) is 0 Å². The van der Waals surface area contributed by atoms with Gasteiger partial charge in [0.1, 0.15) is 5.82 Å². The maximum Gasteiger partial charge on any atom is 0.191 e. The molecule has 0 aromatic carbocycles. The number of hydrogen-bond acceptors (Lipinski definition) is 3. The molecule has 0 spiro atoms. The smallest absolute Gasteiger partial charge is 0.191 e. The van der Waals surface area contributed by atoms with Gasteiger partial charge in [0.05, 0.1) is 18.8 Å². The van der Waals surface area contributed by atoms with E-state index in [2.05, 4.69) is 44.1 Å². The highest BCUT2D eigenvalue weighted by Gasteiger charge is 2.06. The van der Waals surface area contributed by atoms with Gasteiger partial charge >= 0.3 is 0 Å². The van der Waals surface area contributed by atoms with Gasteiger partial charge in [0.2, 0.25) is 0 Å². The van der Waals surface area contributed by atoms with Crippen LogP contribution in [-0.2, 0) is 26.7 Å². The van der Waals surface area contributed by atoms with Gasteiger partial charge in [-0.25, -0.2) is 4.98 Å². The molecule has 2 aromatic heterocycles. The van der Waals surface area contributed by atoms with Gasteiger partial charge in [0.25, 0.3) is 0 Å². The van der Waals surface area contributed by atoms with Gasteiger partial charge in [-0.3, -0.25) is 9.67 Å². The average molecular weight is 431 g/mol. The molecule has 0 aliphatic carbocycles. The molecule has 23 heavy (non-hydrogen) atoms. The summed E-state index contributed by atoms with van der Waals surface area (Å²) in [5.74, 6) is 2.35. The van der Waals surface area contributed by atoms with E-state index < -0.39 is 0 Å². The molecule has 0 amide bonds. The van der Waals surface area contributed by atoms with Crippen molar-refractivity contribution < 1.29 is 0 Å². The molecular formula is C15H26IN7. The van der Waals surface area contributed by atoms with Crippen molar-refractivity contribution in [2.75, 3.05) is 7.05 Å². The first-order chi connectivity index (χ1) is 10.6. The third kappa shape index (κ3) is 5.85. The fourth-order valence-corrected chi connectivity index (χ4v) is 2.20. The van der Waals surface area contributed by atoms with Crippen LogP contribution in [0.1, 0.15) is 25.4 Å². The van der Waals surface area contributed by atoms with E-state index in [0.717, 1.165) is 24.0 Å². The Hall–Kier alpha value is -1.58. The van der Waals surface area contributed by atoms with Gasteiger partial charge in [-0.1, -0.05) is 13.8 Å². The molecule has 8 heteroatoms. The summed E-state index contributed by atoms with van der Waals surface area (Å²) in [6.45, 7) is 6.69. The highest BCUT2D eigenvalue weighted by atomic mass is 127. The summed E-state index contributed by atoms with van der Waals surface area (Å²) in [6.07, 6.45) is 5.64. The van der Waals surface area contributed by atoms with Crippen LogP contribution in [0.15, 0.2) is 29.6 Å². The van der Waals surface area contributed by atoms with Crippen LogP contribution >= 0.6 is 24.0 Å². The minimum Gasteiger partial charge on any atom is -0.351 e. The fourth-order valence-electron chi connectivity index (χ4n) is 2.20. The SMILES string of the molecule is CN=C(NCc1nccn1CC(C)C)NCc1ccnn1C.I. The second kappa shape index (κ2) is 9.53. The van der Waals surface area contributed by atoms with Gasteiger partial charge in [-0.05, 0) is 12.0 Å². The number of aromatic nitrogens is 4. The summed E-state index contributed by atoms with van der Waals surface area (Å²) in [7, 11) is 3.69. The molecule has 0 aliphatic heterocycles. The Labute approximate surface area is 154 Å². The summed E-state index contributed by atoms with van der Waals surface area (Å²) in [4.78, 5) is 8.64. The number of hydrogen-bond donors (Lipinski definition) is 2. The van der Waals surface area contributed by atoms with Crippen molar-refractivity contribution in [3.8, 4) is 0 Å². The van der Waals surface area contributed by atoms with Crippen molar-refractivity contribution in [3.63, 3.8) is 0 Å². The molecule has 0 fully saturated rings. The van der Waals surface area contributed by atoms with E-state index in [1.807, 2.05) is 30.2 Å². The van der Waals surface area contributed by atoms with Crippen molar-refractivity contribution in [2.45, 2.75) is 33.5 Å². The van der Waals surface area contributed by atoms with E-state index in [4.69, 9.17) is 0 Å². The molecule has 2 N–H and O–H groups in total. The van der Waals surface area contributed by atoms with E-state index >= 15 is 0 Å². The maximum atomic E-state index is 4.40. The molecule has 2 rings (SSSR count). The molecule has 128 valence electrons. The van der Waals surface area contributed by atoms with Crippen molar-refractivity contribution in [1.82, 2.24) is 30.0 Å². The summed E-state index contributed by atoms with van der Waals surface area (Å²) in [5.41, 5.74) is 1.10. The minimum absolute atomic E-state index is 0. The number of nitrogens with zero attached hydrogens (tertiary/aromatic N) is 5. The topological polar surface area (TPSA) is 72.1 Å². The number of rotatable bonds is 6. The molecule has 0 atom stereocenters. The number of imidazole rings is 1. The molecule has 0 bridgehead atoms. The van der Waals surface area contributed by atoms with E-state index in [9.17, 15) is 0 Å². The molecule has 2 heterocycles. The highest BCUT2D eigenvalue weighted by Crippen LogP contribution is 2.03. The summed E-state index contributed by atoms with van der Waals surface area (Å²) >= 11 is 0. The van der Waals surface area contributed by atoms with E-state index in [-0.39, 0.29) is 24.0 Å². The van der Waals surface area contributed by atoms with E-state index in [1.165, 1.54) is 0 Å². The normalized spacial score (nSPS) is 11.4. The van der Waals surface area contributed by atoms with Crippen LogP contribution in [0, 0.1) is 5.92 Å². The first-order valence-corrected chi connectivity index (χ1v) is 7.51. The average Bonchev–Trinajstić information content (AvgIpc) is 3.08. The van der Waals surface area contributed by atoms with Crippen molar-refractivity contribution >= 4 is 29.9 Å². The quantitative estimate of drug-likeness (QED) is 0.416. The fraction of sp³-hybridized carbons (Fsp3) is 0.533. The van der Waals surface area contributed by atoms with Crippen LogP contribution in [0.3, 0.4) is 0 Å². The first kappa shape index (κ1) is 19.5. The third-order valence-electron chi connectivity index (χ3n) is 3.36. The largest absolute Gasteiger partial charge is 0.351 e. The van der Waals surface area contributed by atoms with E-state index in [1.54, 1.807) is 13.2 Å². The van der Waals surface area contributed by atoms with Crippen molar-refractivity contribution in [2.24, 2.45) is 18.0 Å². The first-order valence-electron chi connectivity index (χ1n) is 7.51. The number of aliphatic imine (C=N–C) groups is 1. The summed E-state index contributed by atoms with van der Waals surface area (Å²) < 4.78 is 4.02. The molecule has 0 unspecified atom stereocenters. The lowest BCUT2D eigenvalue weighted by Gasteiger charge is -2.14. The summed E-state index contributed by atoms with van der Waals surface area (Å²) in [5, 5.41) is 10.7. The maximum absolute atomic E-state index is 4.40. The third-order valence-corrected chi connectivity index (χ3v) is 3.36. The van der Waals surface area contributed by atoms with Gasteiger partial charge < -0.3 is 15.2 Å². The van der Waals surface area contributed by atoms with Crippen LogP contribution < -0.4 is 10.6 Å². The molecule has 7 nitrogen and oxygen atoms in total. The molecule has 0 saturated carbocycles. The second-order valence-corrected chi connectivity index (χ2v) is 5.62. The Morgan fingerprint density at radius 3 is 2.61 bits per heavy atom. The molecule has 2 aromatic rings. The lowest BCUT2D eigenvalue weighted by molar-refractivity contribution is 0.503. The number of nitrogens with one attached hydrogen (secondary N) is 2. The zero-order valence-electron chi connectivity index (χ0n) is 14.2. The predicted octanol–water partition coefficient (Wildman–Crippen LogP) is 1.76. The minimum atomic E-state index is 0. The standard InChI is InChI=1S/C15H25N7.HI/c1-12(2)11-22-8-7-17-14(22)10-19-15(16-3)18-9-13-5-6-20-21(13)4;/h5-8,12H,9-11H2,1-4H3,(H2,16,18,19);1H. The summed E-state index contributed by atoms with van der Waals surface area (Å²) in [6, 6.07) is 1.98. The van der Waals surface area contributed by atoms with Crippen LogP contribution in [0.5, 0.6) is 0 Å². The van der Waals surface area contributed by atoms with Crippen molar-refractivity contribution in [3.05, 3.63) is 36.2 Å². The predicted molar refractivity (Wildman–Crippen MR) is 103 cm³/mol. The molecule has 0 aliphatic rings. The number of aryl methyl sites for hydroxylation is 1. The van der Waals surface area contributed by atoms with Gasteiger partial charge in [0.15, 0.2) is 5.96 Å². The van der Waals surface area contributed by atoms with Crippen LogP contribution in [0.25, 0.3) is 0 Å². The zero-order chi connectivity index (χ0) is 15.9. The highest BCUT2D eigenvalue weighted by molar-refractivity contribution is 14.0. The Morgan fingerprint density at radius 2 is 2.00 bits per heavy atom. The van der Waals surface area contributed by atoms with Gasteiger partial charge in [-0.15, -0.1) is 24.0 Å². The molecule has 0 radical (unpaired) electrons. The Morgan fingerprint density at radius 1 is 1.26 bits per heavy atom. The Kier molecular flexibility index (Phi) is 8.07. The van der Waals surface area contributed by atoms with Gasteiger partial charge in [0, 0.05) is 39.2 Å². The van der Waals surface area contributed by atoms with Crippen LogP contribution in [0.4, 0.5) is 0 Å². The monoisotopic (exact) mass is 431 g/mol.